The molecule has 2 N–H and O–H groups in total. The molecule has 0 aliphatic carbocycles. The lowest BCUT2D eigenvalue weighted by molar-refractivity contribution is -0.125. The molecular formula is C12H17BrO2. The molecule has 15 heavy (non-hydrogen) atoms. The van der Waals surface area contributed by atoms with Crippen LogP contribution in [0.25, 0.3) is 0 Å². The lowest BCUT2D eigenvalue weighted by atomic mass is 9.81. The van der Waals surface area contributed by atoms with E-state index >= 15 is 0 Å². The zero-order chi connectivity index (χ0) is 14.4. The molecule has 0 fully saturated rings. The smallest absolute Gasteiger partial charge is 0.115 e. The van der Waals surface area contributed by atoms with Crippen molar-refractivity contribution < 1.29 is 14.3 Å². The van der Waals surface area contributed by atoms with Crippen molar-refractivity contribution in [2.75, 3.05) is 0 Å². The van der Waals surface area contributed by atoms with Crippen LogP contribution >= 0.6 is 15.9 Å². The Morgan fingerprint density at radius 3 is 2.27 bits per heavy atom. The zero-order valence-corrected chi connectivity index (χ0v) is 10.6. The fraction of sp³-hybridized carbons (Fsp3) is 0.500. The molecule has 0 saturated carbocycles. The van der Waals surface area contributed by atoms with Crippen LogP contribution in [0.15, 0.2) is 22.7 Å². The van der Waals surface area contributed by atoms with Gasteiger partial charge in [-0.3, -0.25) is 0 Å². The average molecular weight is 276 g/mol. The van der Waals surface area contributed by atoms with Crippen molar-refractivity contribution in [3.8, 4) is 0 Å². The van der Waals surface area contributed by atoms with Crippen LogP contribution in [-0.2, 0) is 5.60 Å². The third-order valence-corrected chi connectivity index (χ3v) is 3.38. The minimum Gasteiger partial charge on any atom is -0.387 e. The highest BCUT2D eigenvalue weighted by Crippen LogP contribution is 2.34. The highest BCUT2D eigenvalue weighted by Gasteiger charge is 2.39. The Bertz CT molecular complexity index is 448. The summed E-state index contributed by atoms with van der Waals surface area (Å²) in [6.45, 7) is 2.28. The predicted octanol–water partition coefficient (Wildman–Crippen LogP) is 2.74. The van der Waals surface area contributed by atoms with Gasteiger partial charge < -0.3 is 10.2 Å². The molecule has 0 aliphatic heterocycles. The van der Waals surface area contributed by atoms with E-state index in [0.29, 0.717) is 10.0 Å². The first-order valence-corrected chi connectivity index (χ1v) is 5.42. The Kier molecular flexibility index (Phi) is 2.26. The van der Waals surface area contributed by atoms with Gasteiger partial charge in [0, 0.05) is 8.58 Å². The minimum absolute atomic E-state index is 0.179. The molecule has 0 aliphatic rings. The van der Waals surface area contributed by atoms with E-state index in [1.807, 2.05) is 0 Å². The van der Waals surface area contributed by atoms with Gasteiger partial charge in [0.15, 0.2) is 0 Å². The maximum absolute atomic E-state index is 10.3. The molecule has 1 rings (SSSR count). The Balaban J connectivity index is 3.29. The van der Waals surface area contributed by atoms with E-state index in [1.165, 1.54) is 39.0 Å². The van der Waals surface area contributed by atoms with Crippen LogP contribution in [0.5, 0.6) is 0 Å². The van der Waals surface area contributed by atoms with E-state index in [2.05, 4.69) is 15.9 Å². The van der Waals surface area contributed by atoms with Gasteiger partial charge in [-0.05, 0) is 44.8 Å². The number of rotatable bonds is 2. The highest BCUT2D eigenvalue weighted by atomic mass is 79.9. The Hall–Kier alpha value is -0.380. The average Bonchev–Trinajstić information content (AvgIpc) is 2.13. The molecule has 3 heteroatoms. The first-order chi connectivity index (χ1) is 7.87. The van der Waals surface area contributed by atoms with E-state index < -0.39 is 18.1 Å². The lowest BCUT2D eigenvalue weighted by Crippen LogP contribution is -2.44. The second-order valence-electron chi connectivity index (χ2n) is 4.33. The van der Waals surface area contributed by atoms with Crippen LogP contribution in [0.1, 0.15) is 36.0 Å². The summed E-state index contributed by atoms with van der Waals surface area (Å²) in [5.41, 5.74) is -2.18. The topological polar surface area (TPSA) is 40.5 Å². The predicted molar refractivity (Wildman–Crippen MR) is 64.7 cm³/mol. The van der Waals surface area contributed by atoms with E-state index in [9.17, 15) is 10.2 Å². The van der Waals surface area contributed by atoms with Crippen LogP contribution in [0.2, 0.25) is 0 Å². The monoisotopic (exact) mass is 275 g/mol. The molecule has 1 aromatic rings. The number of benzene rings is 1. The fourth-order valence-electron chi connectivity index (χ4n) is 1.17. The normalized spacial score (nSPS) is 20.0. The standard InChI is InChI=1S/C12H17BrO2/c1-8-5-6-9(7-10(8)13)12(4,15)11(2,3)14/h5-7,14-15H,1-4H3/i1D3. The molecule has 0 saturated heterocycles. The molecule has 0 heterocycles. The maximum atomic E-state index is 10.3. The van der Waals surface area contributed by atoms with Crippen molar-refractivity contribution in [3.63, 3.8) is 0 Å². The summed E-state index contributed by atoms with van der Waals surface area (Å²) < 4.78 is 22.5. The summed E-state index contributed by atoms with van der Waals surface area (Å²) >= 11 is 3.19. The van der Waals surface area contributed by atoms with Crippen LogP contribution < -0.4 is 0 Å². The third-order valence-electron chi connectivity index (χ3n) is 2.72. The first-order valence-electron chi connectivity index (χ1n) is 6.12. The quantitative estimate of drug-likeness (QED) is 0.872. The Morgan fingerprint density at radius 1 is 1.27 bits per heavy atom. The maximum Gasteiger partial charge on any atom is 0.115 e. The van der Waals surface area contributed by atoms with Crippen LogP contribution in [0.4, 0.5) is 0 Å². The molecule has 84 valence electrons. The van der Waals surface area contributed by atoms with E-state index in [0.717, 1.165) is 0 Å². The van der Waals surface area contributed by atoms with Crippen molar-refractivity contribution in [1.29, 1.82) is 0 Å². The molecule has 1 aromatic carbocycles. The Labute approximate surface area is 103 Å². The minimum atomic E-state index is -2.21. The summed E-state index contributed by atoms with van der Waals surface area (Å²) in [6, 6.07) is 4.48. The van der Waals surface area contributed by atoms with Gasteiger partial charge in [-0.1, -0.05) is 28.1 Å². The summed E-state index contributed by atoms with van der Waals surface area (Å²) in [7, 11) is 0. The fourth-order valence-corrected chi connectivity index (χ4v) is 1.55. The molecule has 0 spiro atoms. The van der Waals surface area contributed by atoms with Gasteiger partial charge in [0.1, 0.15) is 5.60 Å². The lowest BCUT2D eigenvalue weighted by Gasteiger charge is -2.36. The second kappa shape index (κ2) is 3.89. The van der Waals surface area contributed by atoms with Crippen molar-refractivity contribution >= 4 is 15.9 Å². The summed E-state index contributed by atoms with van der Waals surface area (Å²) in [5.74, 6) is 0. The van der Waals surface area contributed by atoms with Crippen molar-refractivity contribution in [3.05, 3.63) is 33.8 Å². The molecule has 0 radical (unpaired) electrons. The van der Waals surface area contributed by atoms with Crippen LogP contribution in [0, 0.1) is 6.85 Å². The summed E-state index contributed by atoms with van der Waals surface area (Å²) in [5, 5.41) is 20.3. The Morgan fingerprint density at radius 2 is 1.87 bits per heavy atom. The zero-order valence-electron chi connectivity index (χ0n) is 12.0. The number of halogens is 1. The van der Waals surface area contributed by atoms with Gasteiger partial charge in [-0.25, -0.2) is 0 Å². The van der Waals surface area contributed by atoms with E-state index in [1.54, 1.807) is 0 Å². The highest BCUT2D eigenvalue weighted by molar-refractivity contribution is 9.10. The number of hydrogen-bond donors (Lipinski definition) is 2. The van der Waals surface area contributed by atoms with E-state index in [4.69, 9.17) is 4.11 Å². The van der Waals surface area contributed by atoms with Crippen molar-refractivity contribution in [2.24, 2.45) is 0 Å². The van der Waals surface area contributed by atoms with Crippen molar-refractivity contribution in [1.82, 2.24) is 0 Å². The molecule has 0 amide bonds. The number of hydrogen-bond acceptors (Lipinski definition) is 2. The van der Waals surface area contributed by atoms with Crippen LogP contribution in [-0.4, -0.2) is 15.8 Å². The van der Waals surface area contributed by atoms with Gasteiger partial charge in [-0.2, -0.15) is 0 Å². The second-order valence-corrected chi connectivity index (χ2v) is 5.18. The molecule has 2 nitrogen and oxygen atoms in total. The molecule has 0 aromatic heterocycles. The van der Waals surface area contributed by atoms with E-state index in [-0.39, 0.29) is 5.56 Å². The van der Waals surface area contributed by atoms with Gasteiger partial charge in [-0.15, -0.1) is 0 Å². The number of aryl methyl sites for hydroxylation is 1. The summed E-state index contributed by atoms with van der Waals surface area (Å²) in [6.07, 6.45) is 0. The van der Waals surface area contributed by atoms with Gasteiger partial charge in [0.05, 0.1) is 5.60 Å². The van der Waals surface area contributed by atoms with Gasteiger partial charge >= 0.3 is 0 Å². The third kappa shape index (κ3) is 2.41. The molecule has 1 atom stereocenters. The SMILES string of the molecule is [2H]C([2H])([2H])c1ccc(C(C)(O)C(C)(C)O)cc1Br. The largest absolute Gasteiger partial charge is 0.387 e. The van der Waals surface area contributed by atoms with Gasteiger partial charge in [0.2, 0.25) is 0 Å². The number of aliphatic hydroxyl groups is 2. The molecular weight excluding hydrogens is 256 g/mol. The molecule has 1 unspecified atom stereocenters. The van der Waals surface area contributed by atoms with Crippen LogP contribution in [0.3, 0.4) is 0 Å². The first kappa shape index (κ1) is 8.74. The summed E-state index contributed by atoms with van der Waals surface area (Å²) in [4.78, 5) is 0. The van der Waals surface area contributed by atoms with Crippen molar-refractivity contribution in [2.45, 2.75) is 38.8 Å². The molecule has 0 bridgehead atoms. The van der Waals surface area contributed by atoms with Gasteiger partial charge in [0.25, 0.3) is 0 Å².